The van der Waals surface area contributed by atoms with Crippen LogP contribution in [-0.4, -0.2) is 131 Å². The highest BCUT2D eigenvalue weighted by molar-refractivity contribution is 7.81. The van der Waals surface area contributed by atoms with Crippen LogP contribution in [-0.2, 0) is 48.2 Å². The fourth-order valence-corrected chi connectivity index (χ4v) is 3.97. The van der Waals surface area contributed by atoms with Crippen LogP contribution in [0.25, 0.3) is 0 Å². The zero-order valence-electron chi connectivity index (χ0n) is 15.5. The van der Waals surface area contributed by atoms with E-state index in [2.05, 4.69) is 13.1 Å². The summed E-state index contributed by atoms with van der Waals surface area (Å²) in [7, 11) is -10.7. The average Bonchev–Trinajstić information content (AvgIpc) is 2.64. The van der Waals surface area contributed by atoms with Gasteiger partial charge in [-0.2, -0.15) is 16.8 Å². The lowest BCUT2D eigenvalue weighted by Crippen LogP contribution is -2.66. The highest BCUT2D eigenvalue weighted by Gasteiger charge is 2.55. The molecule has 0 aromatic heterocycles. The standard InChI is InChI=1S/C12H20O18S2/c13-1-2-3(14)4(15)8(30-32(23,24)25)12(26-2)28-6-5(16)7(29-31(20,21)22)11(19)27-9(6)10(17)18/h2-9,11-16,19H,1H2,(H,17,18)(H,20,21,22)(H,23,24,25)/t2-,3-,4+,5+,6+,7-,8-,9-,11-,12-/m1/s1. The molecule has 20 heteroatoms. The lowest BCUT2D eigenvalue weighted by Gasteiger charge is -2.45. The van der Waals surface area contributed by atoms with Gasteiger partial charge in [-0.25, -0.2) is 13.2 Å². The van der Waals surface area contributed by atoms with Crippen LogP contribution < -0.4 is 0 Å². The molecule has 0 spiro atoms. The Bertz CT molecular complexity index is 872. The second-order valence-corrected chi connectivity index (χ2v) is 8.66. The Kier molecular flexibility index (Phi) is 8.50. The lowest BCUT2D eigenvalue weighted by atomic mass is 9.97. The van der Waals surface area contributed by atoms with E-state index in [-0.39, 0.29) is 0 Å². The van der Waals surface area contributed by atoms with Gasteiger partial charge in [0.05, 0.1) is 6.61 Å². The topological polar surface area (TPSA) is 293 Å². The quantitative estimate of drug-likeness (QED) is 0.139. The van der Waals surface area contributed by atoms with Crippen molar-refractivity contribution in [1.82, 2.24) is 0 Å². The molecule has 2 fully saturated rings. The maximum atomic E-state index is 11.5. The number of aliphatic hydroxyl groups is 5. The summed E-state index contributed by atoms with van der Waals surface area (Å²) in [6.07, 6.45) is -22.2. The number of aliphatic hydroxyl groups excluding tert-OH is 5. The van der Waals surface area contributed by atoms with Gasteiger partial charge in [-0.3, -0.25) is 9.11 Å². The van der Waals surface area contributed by atoms with Crippen molar-refractivity contribution in [3.05, 3.63) is 0 Å². The molecular weight excluding hydrogens is 496 g/mol. The highest BCUT2D eigenvalue weighted by Crippen LogP contribution is 2.31. The molecule has 18 nitrogen and oxygen atoms in total. The molecule has 0 bridgehead atoms. The minimum Gasteiger partial charge on any atom is -0.479 e. The first-order chi connectivity index (χ1) is 14.6. The minimum atomic E-state index is -5.35. The van der Waals surface area contributed by atoms with Crippen LogP contribution in [0.3, 0.4) is 0 Å². The number of ether oxygens (including phenoxy) is 3. The van der Waals surface area contributed by atoms with Crippen molar-refractivity contribution in [2.75, 3.05) is 6.61 Å². The summed E-state index contributed by atoms with van der Waals surface area (Å²) < 4.78 is 84.7. The Morgan fingerprint density at radius 2 is 1.34 bits per heavy atom. The Hall–Kier alpha value is -1.11. The summed E-state index contributed by atoms with van der Waals surface area (Å²) in [5.41, 5.74) is 0. The first-order valence-electron chi connectivity index (χ1n) is 8.39. The summed E-state index contributed by atoms with van der Waals surface area (Å²) in [6.45, 7) is -0.990. The van der Waals surface area contributed by atoms with Crippen molar-refractivity contribution in [3.63, 3.8) is 0 Å². The van der Waals surface area contributed by atoms with Crippen molar-refractivity contribution in [2.45, 2.75) is 61.4 Å². The molecule has 2 heterocycles. The van der Waals surface area contributed by atoms with Crippen molar-refractivity contribution in [3.8, 4) is 0 Å². The lowest BCUT2D eigenvalue weighted by molar-refractivity contribution is -0.345. The monoisotopic (exact) mass is 516 g/mol. The Morgan fingerprint density at radius 1 is 0.812 bits per heavy atom. The molecule has 2 aliphatic heterocycles. The SMILES string of the molecule is O=C(O)[C@@H]1O[C@@H](O)[C@H](OS(=O)(=O)O)[C@@H](O)[C@@H]1O[C@H]1O[C@H](CO)[C@@H](O)[C@H](O)[C@H]1OS(=O)(=O)O. The van der Waals surface area contributed by atoms with E-state index >= 15 is 0 Å². The number of rotatable bonds is 8. The van der Waals surface area contributed by atoms with Gasteiger partial charge in [0.15, 0.2) is 30.9 Å². The second kappa shape index (κ2) is 10.0. The van der Waals surface area contributed by atoms with Gasteiger partial charge in [0, 0.05) is 0 Å². The molecule has 2 saturated heterocycles. The number of hydrogen-bond donors (Lipinski definition) is 8. The van der Waals surface area contributed by atoms with Crippen molar-refractivity contribution < 1.29 is 84.0 Å². The molecule has 0 aliphatic carbocycles. The molecule has 2 rings (SSSR count). The normalized spacial score (nSPS) is 41.3. The van der Waals surface area contributed by atoms with Crippen LogP contribution in [0.4, 0.5) is 0 Å². The van der Waals surface area contributed by atoms with E-state index in [1.165, 1.54) is 0 Å². The van der Waals surface area contributed by atoms with Crippen LogP contribution in [0.15, 0.2) is 0 Å². The highest BCUT2D eigenvalue weighted by atomic mass is 32.3. The Morgan fingerprint density at radius 3 is 1.81 bits per heavy atom. The molecular formula is C12H20O18S2. The van der Waals surface area contributed by atoms with Gasteiger partial charge in [0.25, 0.3) is 0 Å². The van der Waals surface area contributed by atoms with Gasteiger partial charge in [0.1, 0.15) is 30.5 Å². The predicted octanol–water partition coefficient (Wildman–Crippen LogP) is -5.65. The van der Waals surface area contributed by atoms with Crippen molar-refractivity contribution in [2.24, 2.45) is 0 Å². The second-order valence-electron chi connectivity index (χ2n) is 6.56. The molecule has 0 unspecified atom stereocenters. The molecule has 188 valence electrons. The van der Waals surface area contributed by atoms with E-state index in [0.29, 0.717) is 0 Å². The van der Waals surface area contributed by atoms with Crippen molar-refractivity contribution in [1.29, 1.82) is 0 Å². The number of aliphatic carboxylic acids is 1. The third-order valence-corrected chi connectivity index (χ3v) is 5.29. The molecule has 0 saturated carbocycles. The number of hydrogen-bond acceptors (Lipinski definition) is 15. The molecule has 0 aromatic rings. The third-order valence-electron chi connectivity index (χ3n) is 4.36. The molecule has 32 heavy (non-hydrogen) atoms. The van der Waals surface area contributed by atoms with Crippen LogP contribution in [0.5, 0.6) is 0 Å². The van der Waals surface area contributed by atoms with E-state index in [1.807, 2.05) is 0 Å². The van der Waals surface area contributed by atoms with E-state index in [9.17, 15) is 52.3 Å². The predicted molar refractivity (Wildman–Crippen MR) is 90.0 cm³/mol. The molecule has 2 aliphatic rings. The maximum Gasteiger partial charge on any atom is 0.397 e. The van der Waals surface area contributed by atoms with E-state index < -0.39 is 94.8 Å². The smallest absolute Gasteiger partial charge is 0.397 e. The first kappa shape index (κ1) is 27.1. The maximum absolute atomic E-state index is 11.5. The summed E-state index contributed by atoms with van der Waals surface area (Å²) >= 11 is 0. The molecule has 0 radical (unpaired) electrons. The van der Waals surface area contributed by atoms with Gasteiger partial charge in [-0.1, -0.05) is 0 Å². The summed E-state index contributed by atoms with van der Waals surface area (Å²) in [4.78, 5) is 11.5. The third kappa shape index (κ3) is 6.48. The van der Waals surface area contributed by atoms with Gasteiger partial charge >= 0.3 is 26.8 Å². The van der Waals surface area contributed by atoms with E-state index in [4.69, 9.17) is 18.6 Å². The Balaban J connectivity index is 2.40. The summed E-state index contributed by atoms with van der Waals surface area (Å²) in [5, 5.41) is 58.5. The van der Waals surface area contributed by atoms with E-state index in [1.54, 1.807) is 0 Å². The van der Waals surface area contributed by atoms with Crippen molar-refractivity contribution >= 4 is 26.8 Å². The van der Waals surface area contributed by atoms with E-state index in [0.717, 1.165) is 0 Å². The first-order valence-corrected chi connectivity index (χ1v) is 11.1. The Labute approximate surface area is 179 Å². The van der Waals surface area contributed by atoms with Crippen LogP contribution in [0, 0.1) is 0 Å². The van der Waals surface area contributed by atoms with Gasteiger partial charge in [0.2, 0.25) is 0 Å². The fourth-order valence-electron chi connectivity index (χ4n) is 3.00. The molecule has 0 aromatic carbocycles. The molecule has 8 N–H and O–H groups in total. The minimum absolute atomic E-state index is 0.990. The summed E-state index contributed by atoms with van der Waals surface area (Å²) in [6, 6.07) is 0. The average molecular weight is 516 g/mol. The number of carboxylic acids is 1. The zero-order chi connectivity index (χ0) is 24.6. The van der Waals surface area contributed by atoms with Crippen LogP contribution >= 0.6 is 0 Å². The van der Waals surface area contributed by atoms with Crippen LogP contribution in [0.2, 0.25) is 0 Å². The largest absolute Gasteiger partial charge is 0.479 e. The van der Waals surface area contributed by atoms with Gasteiger partial charge in [-0.15, -0.1) is 0 Å². The molecule has 10 atom stereocenters. The molecule has 0 amide bonds. The van der Waals surface area contributed by atoms with Gasteiger partial charge < -0.3 is 44.8 Å². The fraction of sp³-hybridized carbons (Fsp3) is 0.917. The number of carboxylic acid groups (broad SMARTS) is 1. The van der Waals surface area contributed by atoms with Gasteiger partial charge in [-0.05, 0) is 0 Å². The number of carbonyl (C=O) groups is 1. The summed E-state index contributed by atoms with van der Waals surface area (Å²) in [5.74, 6) is -1.90. The van der Waals surface area contributed by atoms with Crippen LogP contribution in [0.1, 0.15) is 0 Å². The zero-order valence-corrected chi connectivity index (χ0v) is 17.1.